The number of carbonyl (C=O) groups excluding carboxylic acids is 2. The summed E-state index contributed by atoms with van der Waals surface area (Å²) in [6.07, 6.45) is 0. The molecule has 22 heavy (non-hydrogen) atoms. The third kappa shape index (κ3) is 3.68. The molecule has 0 fully saturated rings. The van der Waals surface area contributed by atoms with Crippen LogP contribution >= 0.6 is 22.6 Å². The summed E-state index contributed by atoms with van der Waals surface area (Å²) in [5.41, 5.74) is 0.789. The Labute approximate surface area is 139 Å². The van der Waals surface area contributed by atoms with Gasteiger partial charge in [0.1, 0.15) is 11.6 Å². The maximum atomic E-state index is 13.5. The molecule has 6 heteroatoms. The van der Waals surface area contributed by atoms with E-state index in [1.54, 1.807) is 12.1 Å². The molecule has 2 aromatic rings. The largest absolute Gasteiger partial charge is 0.454 e. The molecule has 0 radical (unpaired) electrons. The fourth-order valence-corrected chi connectivity index (χ4v) is 2.38. The van der Waals surface area contributed by atoms with Crippen LogP contribution in [0.3, 0.4) is 0 Å². The second-order valence-corrected chi connectivity index (χ2v) is 5.64. The van der Waals surface area contributed by atoms with Gasteiger partial charge in [-0.3, -0.25) is 4.79 Å². The van der Waals surface area contributed by atoms with E-state index in [1.807, 2.05) is 35.6 Å². The molecule has 0 aliphatic heterocycles. The minimum absolute atomic E-state index is 0.327. The van der Waals surface area contributed by atoms with E-state index in [1.165, 1.54) is 0 Å². The van der Waals surface area contributed by atoms with Gasteiger partial charge in [-0.15, -0.1) is 0 Å². The van der Waals surface area contributed by atoms with Gasteiger partial charge < -0.3 is 4.74 Å². The Kier molecular flexibility index (Phi) is 5.23. The lowest BCUT2D eigenvalue weighted by atomic mass is 10.1. The smallest absolute Gasteiger partial charge is 0.339 e. The van der Waals surface area contributed by atoms with Gasteiger partial charge in [-0.05, 0) is 59.3 Å². The molecule has 0 aromatic heterocycles. The molecule has 3 nitrogen and oxygen atoms in total. The molecule has 0 atom stereocenters. The molecular weight excluding hydrogens is 405 g/mol. The summed E-state index contributed by atoms with van der Waals surface area (Å²) < 4.78 is 32.1. The predicted octanol–water partition coefficient (Wildman–Crippen LogP) is 3.92. The van der Waals surface area contributed by atoms with Gasteiger partial charge >= 0.3 is 5.97 Å². The highest BCUT2D eigenvalue weighted by Crippen LogP contribution is 2.18. The molecule has 114 valence electrons. The Hall–Kier alpha value is -1.83. The fraction of sp³-hybridized carbons (Fsp3) is 0.125. The molecule has 0 saturated carbocycles. The lowest BCUT2D eigenvalue weighted by Crippen LogP contribution is -2.16. The predicted molar refractivity (Wildman–Crippen MR) is 84.9 cm³/mol. The van der Waals surface area contributed by atoms with Crippen LogP contribution in [0.25, 0.3) is 0 Å². The number of hydrogen-bond donors (Lipinski definition) is 0. The molecule has 0 aliphatic rings. The highest BCUT2D eigenvalue weighted by molar-refractivity contribution is 14.1. The van der Waals surface area contributed by atoms with Gasteiger partial charge in [0.2, 0.25) is 5.78 Å². The second-order valence-electron chi connectivity index (χ2n) is 4.56. The molecule has 2 aromatic carbocycles. The fourth-order valence-electron chi connectivity index (χ4n) is 1.80. The summed E-state index contributed by atoms with van der Waals surface area (Å²) in [6, 6.07) is 7.65. The first kappa shape index (κ1) is 16.5. The zero-order valence-electron chi connectivity index (χ0n) is 11.5. The molecule has 0 N–H and O–H groups in total. The summed E-state index contributed by atoms with van der Waals surface area (Å²) in [7, 11) is 0. The van der Waals surface area contributed by atoms with Gasteiger partial charge in [-0.25, -0.2) is 13.6 Å². The van der Waals surface area contributed by atoms with Crippen molar-refractivity contribution < 1.29 is 23.1 Å². The van der Waals surface area contributed by atoms with Crippen molar-refractivity contribution >= 4 is 34.3 Å². The van der Waals surface area contributed by atoms with E-state index >= 15 is 0 Å². The van der Waals surface area contributed by atoms with Crippen LogP contribution in [0.15, 0.2) is 36.4 Å². The summed E-state index contributed by atoms with van der Waals surface area (Å²) >= 11 is 2.00. The highest BCUT2D eigenvalue weighted by Gasteiger charge is 2.17. The quantitative estimate of drug-likeness (QED) is 0.431. The van der Waals surface area contributed by atoms with E-state index in [9.17, 15) is 18.4 Å². The average Bonchev–Trinajstić information content (AvgIpc) is 2.49. The van der Waals surface area contributed by atoms with Gasteiger partial charge in [-0.2, -0.15) is 0 Å². The van der Waals surface area contributed by atoms with Crippen LogP contribution in [-0.4, -0.2) is 18.4 Å². The molecular formula is C16H11F2IO3. The van der Waals surface area contributed by atoms with Crippen molar-refractivity contribution in [3.05, 3.63) is 68.3 Å². The second kappa shape index (κ2) is 6.95. The number of halogens is 3. The van der Waals surface area contributed by atoms with E-state index in [4.69, 9.17) is 4.74 Å². The van der Waals surface area contributed by atoms with Crippen molar-refractivity contribution in [3.8, 4) is 0 Å². The van der Waals surface area contributed by atoms with E-state index in [0.717, 1.165) is 27.3 Å². The van der Waals surface area contributed by atoms with E-state index < -0.39 is 35.6 Å². The van der Waals surface area contributed by atoms with Crippen LogP contribution < -0.4 is 0 Å². The zero-order chi connectivity index (χ0) is 16.3. The maximum absolute atomic E-state index is 13.5. The standard InChI is InChI=1S/C16H11F2IO3/c1-9-3-2-4-11(15(9)19)16(21)22-8-14(20)12-7-10(17)5-6-13(12)18/h2-7H,8H2,1H3. The van der Waals surface area contributed by atoms with Crippen LogP contribution in [0.5, 0.6) is 0 Å². The summed E-state index contributed by atoms with van der Waals surface area (Å²) in [5.74, 6) is -3.07. The maximum Gasteiger partial charge on any atom is 0.339 e. The summed E-state index contributed by atoms with van der Waals surface area (Å²) in [5, 5.41) is 0. The van der Waals surface area contributed by atoms with Crippen molar-refractivity contribution in [2.24, 2.45) is 0 Å². The SMILES string of the molecule is Cc1cccc(C(=O)OCC(=O)c2cc(F)ccc2F)c1I. The number of ether oxygens (including phenoxy) is 1. The summed E-state index contributed by atoms with van der Waals surface area (Å²) in [6.45, 7) is 1.19. The minimum Gasteiger partial charge on any atom is -0.454 e. The third-order valence-corrected chi connectivity index (χ3v) is 4.41. The highest BCUT2D eigenvalue weighted by atomic mass is 127. The van der Waals surface area contributed by atoms with Gasteiger partial charge in [-0.1, -0.05) is 12.1 Å². The molecule has 0 unspecified atom stereocenters. The summed E-state index contributed by atoms with van der Waals surface area (Å²) in [4.78, 5) is 23.8. The number of rotatable bonds is 4. The number of carbonyl (C=O) groups is 2. The van der Waals surface area contributed by atoms with Crippen molar-refractivity contribution in [3.63, 3.8) is 0 Å². The topological polar surface area (TPSA) is 43.4 Å². The number of hydrogen-bond acceptors (Lipinski definition) is 3. The normalized spacial score (nSPS) is 10.4. The molecule has 2 rings (SSSR count). The minimum atomic E-state index is -0.854. The molecule has 0 heterocycles. The number of benzene rings is 2. The van der Waals surface area contributed by atoms with Gasteiger partial charge in [0, 0.05) is 3.57 Å². The Morgan fingerprint density at radius 1 is 1.14 bits per heavy atom. The van der Waals surface area contributed by atoms with Crippen molar-refractivity contribution in [1.82, 2.24) is 0 Å². The Morgan fingerprint density at radius 3 is 2.59 bits per heavy atom. The molecule has 0 spiro atoms. The van der Waals surface area contributed by atoms with Gasteiger partial charge in [0.15, 0.2) is 6.61 Å². The van der Waals surface area contributed by atoms with Crippen LogP contribution in [0, 0.1) is 22.1 Å². The lowest BCUT2D eigenvalue weighted by molar-refractivity contribution is 0.0472. The molecule has 0 bridgehead atoms. The Balaban J connectivity index is 2.09. The number of ketones is 1. The van der Waals surface area contributed by atoms with E-state index in [-0.39, 0.29) is 0 Å². The van der Waals surface area contributed by atoms with Crippen molar-refractivity contribution in [2.75, 3.05) is 6.61 Å². The van der Waals surface area contributed by atoms with Gasteiger partial charge in [0.05, 0.1) is 11.1 Å². The van der Waals surface area contributed by atoms with Crippen LogP contribution in [-0.2, 0) is 4.74 Å². The zero-order valence-corrected chi connectivity index (χ0v) is 13.7. The van der Waals surface area contributed by atoms with E-state index in [0.29, 0.717) is 5.56 Å². The van der Waals surface area contributed by atoms with E-state index in [2.05, 4.69) is 0 Å². The number of Topliss-reactive ketones (excluding diaryl/α,β-unsaturated/α-hetero) is 1. The lowest BCUT2D eigenvalue weighted by Gasteiger charge is -2.08. The van der Waals surface area contributed by atoms with Crippen LogP contribution in [0.4, 0.5) is 8.78 Å². The molecule has 0 amide bonds. The Morgan fingerprint density at radius 2 is 1.86 bits per heavy atom. The van der Waals surface area contributed by atoms with Crippen LogP contribution in [0.2, 0.25) is 0 Å². The van der Waals surface area contributed by atoms with Gasteiger partial charge in [0.25, 0.3) is 0 Å². The number of aryl methyl sites for hydroxylation is 1. The molecule has 0 saturated heterocycles. The first-order valence-electron chi connectivity index (χ1n) is 6.30. The monoisotopic (exact) mass is 416 g/mol. The first-order valence-corrected chi connectivity index (χ1v) is 7.38. The molecule has 0 aliphatic carbocycles. The average molecular weight is 416 g/mol. The third-order valence-electron chi connectivity index (χ3n) is 2.97. The van der Waals surface area contributed by atoms with Crippen molar-refractivity contribution in [1.29, 1.82) is 0 Å². The first-order chi connectivity index (χ1) is 10.4. The Bertz CT molecular complexity index is 730. The van der Waals surface area contributed by atoms with Crippen LogP contribution in [0.1, 0.15) is 26.3 Å². The number of esters is 1. The van der Waals surface area contributed by atoms with Crippen molar-refractivity contribution in [2.45, 2.75) is 6.92 Å².